The zero-order valence-electron chi connectivity index (χ0n) is 18.4. The third-order valence-corrected chi connectivity index (χ3v) is 5.25. The van der Waals surface area contributed by atoms with E-state index in [1.807, 2.05) is 18.7 Å². The molecule has 6 nitrogen and oxygen atoms in total. The molecule has 3 rings (SSSR count). The van der Waals surface area contributed by atoms with Gasteiger partial charge in [-0.25, -0.2) is 8.78 Å². The molecule has 0 saturated carbocycles. The largest absolute Gasteiger partial charge is 0.490 e. The van der Waals surface area contributed by atoms with E-state index in [-0.39, 0.29) is 30.1 Å². The van der Waals surface area contributed by atoms with E-state index < -0.39 is 6.43 Å². The summed E-state index contributed by atoms with van der Waals surface area (Å²) in [6.45, 7) is 5.36. The second-order valence-electron chi connectivity index (χ2n) is 8.06. The van der Waals surface area contributed by atoms with Crippen molar-refractivity contribution in [3.8, 4) is 17.6 Å². The SMILES string of the molecule is CNC(=O)C1CN(Cc2ccc(OCc3ccc(OC(C)C)c(C#N)c3)cc2C(F)F)C1. The third kappa shape index (κ3) is 5.74. The topological polar surface area (TPSA) is 74.6 Å². The van der Waals surface area contributed by atoms with Crippen LogP contribution >= 0.6 is 0 Å². The van der Waals surface area contributed by atoms with E-state index in [9.17, 15) is 18.8 Å². The van der Waals surface area contributed by atoms with Gasteiger partial charge in [0.05, 0.1) is 17.6 Å². The Morgan fingerprint density at radius 2 is 2.00 bits per heavy atom. The molecule has 0 aliphatic carbocycles. The van der Waals surface area contributed by atoms with E-state index in [1.165, 1.54) is 6.07 Å². The summed E-state index contributed by atoms with van der Waals surface area (Å²) in [7, 11) is 1.59. The van der Waals surface area contributed by atoms with E-state index in [2.05, 4.69) is 11.4 Å². The minimum absolute atomic E-state index is 0.0255. The lowest BCUT2D eigenvalue weighted by Gasteiger charge is -2.38. The standard InChI is InChI=1S/C24H27F2N3O3/c1-15(2)32-22-7-4-16(8-18(22)10-27)14-31-20-6-5-17(21(9-20)23(25)26)11-29-12-19(13-29)24(30)28-3/h4-9,15,19,23H,11-14H2,1-3H3,(H,28,30). The van der Waals surface area contributed by atoms with E-state index in [1.54, 1.807) is 37.4 Å². The Morgan fingerprint density at radius 1 is 1.25 bits per heavy atom. The maximum absolute atomic E-state index is 13.7. The number of benzene rings is 2. The number of nitrogens with zero attached hydrogens (tertiary/aromatic N) is 2. The molecular formula is C24H27F2N3O3. The first-order chi connectivity index (χ1) is 15.3. The molecule has 0 radical (unpaired) electrons. The second-order valence-corrected chi connectivity index (χ2v) is 8.06. The molecule has 1 saturated heterocycles. The summed E-state index contributed by atoms with van der Waals surface area (Å²) in [5.41, 5.74) is 1.57. The van der Waals surface area contributed by atoms with Gasteiger partial charge >= 0.3 is 0 Å². The van der Waals surface area contributed by atoms with Gasteiger partial charge in [0.2, 0.25) is 5.91 Å². The molecule has 1 aliphatic rings. The molecule has 0 spiro atoms. The zero-order chi connectivity index (χ0) is 23.3. The Bertz CT molecular complexity index is 998. The molecule has 2 aromatic carbocycles. The van der Waals surface area contributed by atoms with Crippen LogP contribution in [0.25, 0.3) is 0 Å². The number of carbonyl (C=O) groups excluding carboxylic acids is 1. The van der Waals surface area contributed by atoms with Gasteiger partial charge in [-0.2, -0.15) is 5.26 Å². The molecule has 32 heavy (non-hydrogen) atoms. The second kappa shape index (κ2) is 10.4. The Kier molecular flexibility index (Phi) is 7.65. The highest BCUT2D eigenvalue weighted by Crippen LogP contribution is 2.30. The van der Waals surface area contributed by atoms with Crippen molar-refractivity contribution in [1.29, 1.82) is 5.26 Å². The van der Waals surface area contributed by atoms with Gasteiger partial charge in [0.15, 0.2) is 0 Å². The van der Waals surface area contributed by atoms with Crippen LogP contribution in [0.5, 0.6) is 11.5 Å². The number of ether oxygens (including phenoxy) is 2. The smallest absolute Gasteiger partial charge is 0.264 e. The van der Waals surface area contributed by atoms with E-state index in [0.717, 1.165) is 5.56 Å². The van der Waals surface area contributed by atoms with Crippen LogP contribution in [-0.4, -0.2) is 37.0 Å². The maximum atomic E-state index is 13.7. The van der Waals surface area contributed by atoms with Crippen LogP contribution in [-0.2, 0) is 17.9 Å². The number of rotatable bonds is 9. The van der Waals surface area contributed by atoms with Gasteiger partial charge in [-0.1, -0.05) is 12.1 Å². The molecule has 0 atom stereocenters. The van der Waals surface area contributed by atoms with Crippen molar-refractivity contribution in [1.82, 2.24) is 10.2 Å². The molecule has 0 unspecified atom stereocenters. The molecule has 1 aliphatic heterocycles. The fourth-order valence-electron chi connectivity index (χ4n) is 3.60. The van der Waals surface area contributed by atoms with Crippen molar-refractivity contribution in [2.45, 2.75) is 39.5 Å². The van der Waals surface area contributed by atoms with Gasteiger partial charge in [-0.05, 0) is 49.2 Å². The zero-order valence-corrected chi connectivity index (χ0v) is 18.4. The predicted octanol–water partition coefficient (Wildman–Crippen LogP) is 4.04. The first-order valence-electron chi connectivity index (χ1n) is 10.5. The quantitative estimate of drug-likeness (QED) is 0.633. The molecule has 1 N–H and O–H groups in total. The van der Waals surface area contributed by atoms with Gasteiger partial charge in [-0.3, -0.25) is 9.69 Å². The van der Waals surface area contributed by atoms with Crippen LogP contribution in [0.2, 0.25) is 0 Å². The van der Waals surface area contributed by atoms with Crippen LogP contribution in [0.4, 0.5) is 8.78 Å². The number of amides is 1. The molecule has 1 amide bonds. The summed E-state index contributed by atoms with van der Waals surface area (Å²) >= 11 is 0. The Balaban J connectivity index is 1.65. The molecule has 2 aromatic rings. The monoisotopic (exact) mass is 443 g/mol. The highest BCUT2D eigenvalue weighted by Gasteiger charge is 2.32. The highest BCUT2D eigenvalue weighted by molar-refractivity contribution is 5.79. The van der Waals surface area contributed by atoms with Crippen LogP contribution in [0.1, 0.15) is 42.5 Å². The van der Waals surface area contributed by atoms with E-state index in [4.69, 9.17) is 9.47 Å². The lowest BCUT2D eigenvalue weighted by Crippen LogP contribution is -2.52. The molecular weight excluding hydrogens is 416 g/mol. The number of nitrogens with one attached hydrogen (secondary N) is 1. The fourth-order valence-corrected chi connectivity index (χ4v) is 3.60. The van der Waals surface area contributed by atoms with Crippen molar-refractivity contribution < 1.29 is 23.0 Å². The van der Waals surface area contributed by atoms with E-state index in [0.29, 0.717) is 42.3 Å². The molecule has 170 valence electrons. The number of alkyl halides is 2. The van der Waals surface area contributed by atoms with Crippen molar-refractivity contribution in [2.24, 2.45) is 5.92 Å². The normalized spacial score (nSPS) is 14.2. The summed E-state index contributed by atoms with van der Waals surface area (Å²) in [6, 6.07) is 11.9. The average Bonchev–Trinajstić information content (AvgIpc) is 2.74. The van der Waals surface area contributed by atoms with Gasteiger partial charge in [0.25, 0.3) is 6.43 Å². The lowest BCUT2D eigenvalue weighted by molar-refractivity contribution is -0.129. The predicted molar refractivity (Wildman–Crippen MR) is 115 cm³/mol. The van der Waals surface area contributed by atoms with Crippen molar-refractivity contribution in [2.75, 3.05) is 20.1 Å². The Morgan fingerprint density at radius 3 is 2.62 bits per heavy atom. The average molecular weight is 443 g/mol. The summed E-state index contributed by atoms with van der Waals surface area (Å²) < 4.78 is 38.6. The fraction of sp³-hybridized carbons (Fsp3) is 0.417. The number of nitriles is 1. The molecule has 8 heteroatoms. The number of halogens is 2. The third-order valence-electron chi connectivity index (χ3n) is 5.25. The van der Waals surface area contributed by atoms with Crippen molar-refractivity contribution in [3.63, 3.8) is 0 Å². The van der Waals surface area contributed by atoms with Crippen LogP contribution in [0.3, 0.4) is 0 Å². The van der Waals surface area contributed by atoms with Crippen LogP contribution in [0, 0.1) is 17.2 Å². The van der Waals surface area contributed by atoms with Gasteiger partial charge < -0.3 is 14.8 Å². The summed E-state index contributed by atoms with van der Waals surface area (Å²) in [6.07, 6.45) is -2.69. The number of hydrogen-bond acceptors (Lipinski definition) is 5. The van der Waals surface area contributed by atoms with Crippen LogP contribution < -0.4 is 14.8 Å². The summed E-state index contributed by atoms with van der Waals surface area (Å²) in [5, 5.41) is 12.0. The van der Waals surface area contributed by atoms with Crippen molar-refractivity contribution >= 4 is 5.91 Å². The molecule has 0 aromatic heterocycles. The minimum atomic E-state index is -2.64. The first-order valence-corrected chi connectivity index (χ1v) is 10.5. The first kappa shape index (κ1) is 23.5. The number of hydrogen-bond donors (Lipinski definition) is 1. The molecule has 0 bridgehead atoms. The van der Waals surface area contributed by atoms with Gasteiger partial charge in [-0.15, -0.1) is 0 Å². The van der Waals surface area contributed by atoms with Crippen LogP contribution in [0.15, 0.2) is 36.4 Å². The van der Waals surface area contributed by atoms with Gasteiger partial charge in [0, 0.05) is 32.2 Å². The maximum Gasteiger partial charge on any atom is 0.264 e. The van der Waals surface area contributed by atoms with E-state index >= 15 is 0 Å². The number of carbonyl (C=O) groups is 1. The lowest BCUT2D eigenvalue weighted by atomic mass is 9.97. The highest BCUT2D eigenvalue weighted by atomic mass is 19.3. The number of likely N-dealkylation sites (tertiary alicyclic amines) is 1. The molecule has 1 fully saturated rings. The summed E-state index contributed by atoms with van der Waals surface area (Å²) in [5.74, 6) is 0.716. The Labute approximate surface area is 186 Å². The molecule has 1 heterocycles. The Hall–Kier alpha value is -3.18. The van der Waals surface area contributed by atoms with Gasteiger partial charge in [0.1, 0.15) is 24.2 Å². The van der Waals surface area contributed by atoms with Crippen molar-refractivity contribution in [3.05, 3.63) is 58.7 Å². The minimum Gasteiger partial charge on any atom is -0.490 e. The summed E-state index contributed by atoms with van der Waals surface area (Å²) in [4.78, 5) is 13.6.